The van der Waals surface area contributed by atoms with Gasteiger partial charge in [0.2, 0.25) is 5.91 Å². The Bertz CT molecular complexity index is 508. The smallest absolute Gasteiger partial charge is 0.251 e. The molecule has 114 valence electrons. The molecule has 0 saturated carbocycles. The van der Waals surface area contributed by atoms with Crippen molar-refractivity contribution in [2.45, 2.75) is 32.7 Å². The summed E-state index contributed by atoms with van der Waals surface area (Å²) in [7, 11) is 0. The lowest BCUT2D eigenvalue weighted by Crippen LogP contribution is -2.37. The molecule has 0 unspecified atom stereocenters. The molecule has 0 spiro atoms. The van der Waals surface area contributed by atoms with Crippen molar-refractivity contribution in [3.63, 3.8) is 0 Å². The lowest BCUT2D eigenvalue weighted by molar-refractivity contribution is -0.120. The monoisotopic (exact) mass is 289 g/mol. The van der Waals surface area contributed by atoms with E-state index in [1.807, 2.05) is 13.8 Å². The first-order valence-corrected chi connectivity index (χ1v) is 7.49. The van der Waals surface area contributed by atoms with E-state index in [2.05, 4.69) is 16.0 Å². The van der Waals surface area contributed by atoms with Gasteiger partial charge in [0.25, 0.3) is 5.91 Å². The maximum Gasteiger partial charge on any atom is 0.251 e. The second kappa shape index (κ2) is 7.22. The lowest BCUT2D eigenvalue weighted by Gasteiger charge is -2.22. The summed E-state index contributed by atoms with van der Waals surface area (Å²) in [6, 6.07) is 7.13. The summed E-state index contributed by atoms with van der Waals surface area (Å²) < 4.78 is 0. The largest absolute Gasteiger partial charge is 0.350 e. The SMILES string of the molecule is CC(C)NC(=O)c1cccc(NC(=O)[C@@H]2CCCNC2)c1. The van der Waals surface area contributed by atoms with Crippen molar-refractivity contribution in [2.75, 3.05) is 18.4 Å². The third-order valence-electron chi connectivity index (χ3n) is 3.48. The third-order valence-corrected chi connectivity index (χ3v) is 3.48. The highest BCUT2D eigenvalue weighted by atomic mass is 16.2. The number of benzene rings is 1. The van der Waals surface area contributed by atoms with Gasteiger partial charge in [-0.15, -0.1) is 0 Å². The number of piperidine rings is 1. The molecule has 2 amide bonds. The fourth-order valence-electron chi connectivity index (χ4n) is 2.40. The van der Waals surface area contributed by atoms with E-state index in [9.17, 15) is 9.59 Å². The van der Waals surface area contributed by atoms with E-state index in [0.29, 0.717) is 11.3 Å². The fourth-order valence-corrected chi connectivity index (χ4v) is 2.40. The molecule has 5 nitrogen and oxygen atoms in total. The summed E-state index contributed by atoms with van der Waals surface area (Å²) in [6.45, 7) is 5.53. The van der Waals surface area contributed by atoms with Crippen molar-refractivity contribution in [1.29, 1.82) is 0 Å². The van der Waals surface area contributed by atoms with Crippen LogP contribution in [0.1, 0.15) is 37.0 Å². The van der Waals surface area contributed by atoms with E-state index in [1.165, 1.54) is 0 Å². The molecule has 0 aliphatic carbocycles. The maximum absolute atomic E-state index is 12.2. The van der Waals surface area contributed by atoms with Crippen molar-refractivity contribution < 1.29 is 9.59 Å². The van der Waals surface area contributed by atoms with Gasteiger partial charge in [-0.3, -0.25) is 9.59 Å². The highest BCUT2D eigenvalue weighted by Gasteiger charge is 2.21. The zero-order chi connectivity index (χ0) is 15.2. The van der Waals surface area contributed by atoms with Crippen LogP contribution in [0.5, 0.6) is 0 Å². The fraction of sp³-hybridized carbons (Fsp3) is 0.500. The van der Waals surface area contributed by atoms with Gasteiger partial charge in [-0.25, -0.2) is 0 Å². The van der Waals surface area contributed by atoms with Crippen LogP contribution in [0.2, 0.25) is 0 Å². The molecular weight excluding hydrogens is 266 g/mol. The first kappa shape index (κ1) is 15.5. The zero-order valence-electron chi connectivity index (χ0n) is 12.6. The number of carbonyl (C=O) groups is 2. The van der Waals surface area contributed by atoms with Crippen LogP contribution in [0.15, 0.2) is 24.3 Å². The van der Waals surface area contributed by atoms with E-state index >= 15 is 0 Å². The van der Waals surface area contributed by atoms with Crippen LogP contribution < -0.4 is 16.0 Å². The summed E-state index contributed by atoms with van der Waals surface area (Å²) in [5.74, 6) is -0.101. The molecule has 0 bridgehead atoms. The number of nitrogens with one attached hydrogen (secondary N) is 3. The molecule has 0 radical (unpaired) electrons. The van der Waals surface area contributed by atoms with Crippen LogP contribution >= 0.6 is 0 Å². The average Bonchev–Trinajstić information content (AvgIpc) is 2.47. The molecule has 1 atom stereocenters. The van der Waals surface area contributed by atoms with Crippen LogP contribution in [0.4, 0.5) is 5.69 Å². The molecule has 1 heterocycles. The quantitative estimate of drug-likeness (QED) is 0.791. The predicted molar refractivity (Wildman–Crippen MR) is 83.3 cm³/mol. The summed E-state index contributed by atoms with van der Waals surface area (Å²) in [5, 5.41) is 8.97. The van der Waals surface area contributed by atoms with Crippen LogP contribution in [0.25, 0.3) is 0 Å². The molecule has 1 aliphatic heterocycles. The average molecular weight is 289 g/mol. The summed E-state index contributed by atoms with van der Waals surface area (Å²) in [6.07, 6.45) is 1.93. The molecule has 1 aromatic carbocycles. The highest BCUT2D eigenvalue weighted by molar-refractivity contribution is 5.97. The van der Waals surface area contributed by atoms with E-state index in [0.717, 1.165) is 25.9 Å². The van der Waals surface area contributed by atoms with Crippen molar-refractivity contribution in [3.8, 4) is 0 Å². The minimum absolute atomic E-state index is 0.00639. The minimum Gasteiger partial charge on any atom is -0.350 e. The number of rotatable bonds is 4. The van der Waals surface area contributed by atoms with E-state index in [4.69, 9.17) is 0 Å². The second-order valence-electron chi connectivity index (χ2n) is 5.74. The van der Waals surface area contributed by atoms with Crippen molar-refractivity contribution in [1.82, 2.24) is 10.6 Å². The lowest BCUT2D eigenvalue weighted by atomic mass is 9.98. The number of anilines is 1. The Morgan fingerprint density at radius 1 is 1.33 bits per heavy atom. The predicted octanol–water partition coefficient (Wildman–Crippen LogP) is 1.76. The van der Waals surface area contributed by atoms with Gasteiger partial charge in [0, 0.05) is 23.8 Å². The van der Waals surface area contributed by atoms with Crippen LogP contribution in [-0.2, 0) is 4.79 Å². The summed E-state index contributed by atoms with van der Waals surface area (Å²) in [5.41, 5.74) is 1.23. The van der Waals surface area contributed by atoms with E-state index < -0.39 is 0 Å². The number of hydrogen-bond acceptors (Lipinski definition) is 3. The number of amides is 2. The van der Waals surface area contributed by atoms with Crippen LogP contribution in [0, 0.1) is 5.92 Å². The molecule has 21 heavy (non-hydrogen) atoms. The molecule has 5 heteroatoms. The Morgan fingerprint density at radius 2 is 2.14 bits per heavy atom. The van der Waals surface area contributed by atoms with Crippen molar-refractivity contribution in [3.05, 3.63) is 29.8 Å². The molecule has 1 saturated heterocycles. The number of carbonyl (C=O) groups excluding carboxylic acids is 2. The maximum atomic E-state index is 12.2. The molecular formula is C16H23N3O2. The van der Waals surface area contributed by atoms with Gasteiger partial charge < -0.3 is 16.0 Å². The third kappa shape index (κ3) is 4.56. The Morgan fingerprint density at radius 3 is 2.81 bits per heavy atom. The molecule has 1 aliphatic rings. The first-order valence-electron chi connectivity index (χ1n) is 7.49. The van der Waals surface area contributed by atoms with Gasteiger partial charge in [-0.05, 0) is 51.4 Å². The Hall–Kier alpha value is -1.88. The molecule has 0 aromatic heterocycles. The minimum atomic E-state index is -0.125. The Balaban J connectivity index is 2.00. The topological polar surface area (TPSA) is 70.2 Å². The molecule has 2 rings (SSSR count). The molecule has 1 aromatic rings. The van der Waals surface area contributed by atoms with Gasteiger partial charge in [0.05, 0.1) is 5.92 Å². The van der Waals surface area contributed by atoms with Crippen LogP contribution in [0.3, 0.4) is 0 Å². The highest BCUT2D eigenvalue weighted by Crippen LogP contribution is 2.15. The first-order chi connectivity index (χ1) is 10.1. The normalized spacial score (nSPS) is 18.3. The Kier molecular flexibility index (Phi) is 5.33. The molecule has 3 N–H and O–H groups in total. The van der Waals surface area contributed by atoms with Gasteiger partial charge in [0.1, 0.15) is 0 Å². The Labute approximate surface area is 125 Å². The summed E-state index contributed by atoms with van der Waals surface area (Å²) >= 11 is 0. The molecule has 1 fully saturated rings. The van der Waals surface area contributed by atoms with Crippen molar-refractivity contribution in [2.24, 2.45) is 5.92 Å². The van der Waals surface area contributed by atoms with E-state index in [-0.39, 0.29) is 23.8 Å². The van der Waals surface area contributed by atoms with Gasteiger partial charge in [-0.1, -0.05) is 6.07 Å². The van der Waals surface area contributed by atoms with E-state index in [1.54, 1.807) is 24.3 Å². The van der Waals surface area contributed by atoms with Crippen molar-refractivity contribution >= 4 is 17.5 Å². The van der Waals surface area contributed by atoms with Gasteiger partial charge >= 0.3 is 0 Å². The van der Waals surface area contributed by atoms with Crippen LogP contribution in [-0.4, -0.2) is 30.9 Å². The second-order valence-corrected chi connectivity index (χ2v) is 5.74. The van der Waals surface area contributed by atoms with Gasteiger partial charge in [-0.2, -0.15) is 0 Å². The van der Waals surface area contributed by atoms with Gasteiger partial charge in [0.15, 0.2) is 0 Å². The summed E-state index contributed by atoms with van der Waals surface area (Å²) in [4.78, 5) is 24.1. The number of hydrogen-bond donors (Lipinski definition) is 3. The standard InChI is InChI=1S/C16H23N3O2/c1-11(2)18-15(20)12-5-3-7-14(9-12)19-16(21)13-6-4-8-17-10-13/h3,5,7,9,11,13,17H,4,6,8,10H2,1-2H3,(H,18,20)(H,19,21)/t13-/m1/s1. The zero-order valence-corrected chi connectivity index (χ0v) is 12.6.